The lowest BCUT2D eigenvalue weighted by Gasteiger charge is -2.04. The highest BCUT2D eigenvalue weighted by Crippen LogP contribution is 2.09. The Morgan fingerprint density at radius 2 is 2.12 bits per heavy atom. The average Bonchev–Trinajstić information content (AvgIpc) is 2.74. The van der Waals surface area contributed by atoms with E-state index in [4.69, 9.17) is 0 Å². The van der Waals surface area contributed by atoms with Crippen LogP contribution in [0.3, 0.4) is 0 Å². The van der Waals surface area contributed by atoms with Crippen LogP contribution in [-0.4, -0.2) is 9.59 Å². The fraction of sp³-hybridized carbons (Fsp3) is 0.200. The van der Waals surface area contributed by atoms with E-state index < -0.39 is 11.6 Å². The molecule has 2 rings (SSSR count). The van der Waals surface area contributed by atoms with Crippen LogP contribution in [0, 0.1) is 11.6 Å². The third-order valence-electron chi connectivity index (χ3n) is 2.04. The van der Waals surface area contributed by atoms with Gasteiger partial charge in [-0.05, 0) is 17.6 Å². The second-order valence-electron chi connectivity index (χ2n) is 3.24. The number of aromatic nitrogens is 2. The summed E-state index contributed by atoms with van der Waals surface area (Å²) in [4.78, 5) is 0. The fourth-order valence-corrected chi connectivity index (χ4v) is 1.70. The van der Waals surface area contributed by atoms with Crippen LogP contribution in [0.2, 0.25) is 0 Å². The minimum atomic E-state index is -0.565. The Labute approximate surface area is 95.3 Å². The molecule has 84 valence electrons. The van der Waals surface area contributed by atoms with Crippen LogP contribution in [-0.2, 0) is 13.1 Å². The molecule has 0 unspecified atom stereocenters. The summed E-state index contributed by atoms with van der Waals surface area (Å²) in [6, 6.07) is 3.54. The molecule has 0 aliphatic heterocycles. The van der Waals surface area contributed by atoms with Crippen LogP contribution in [0.1, 0.15) is 11.3 Å². The third kappa shape index (κ3) is 2.80. The molecule has 0 saturated heterocycles. The lowest BCUT2D eigenvalue weighted by atomic mass is 10.2. The Morgan fingerprint density at radius 3 is 2.81 bits per heavy atom. The first-order chi connectivity index (χ1) is 7.75. The molecule has 1 aromatic heterocycles. The Kier molecular flexibility index (Phi) is 3.53. The van der Waals surface area contributed by atoms with Crippen molar-refractivity contribution in [1.29, 1.82) is 0 Å². The number of nitrogens with zero attached hydrogens (tertiary/aromatic N) is 2. The maximum atomic E-state index is 13.2. The molecule has 0 saturated carbocycles. The largest absolute Gasteiger partial charge is 0.307 e. The minimum absolute atomic E-state index is 0.337. The van der Waals surface area contributed by atoms with Gasteiger partial charge in [-0.25, -0.2) is 8.78 Å². The van der Waals surface area contributed by atoms with Gasteiger partial charge in [0.25, 0.3) is 0 Å². The predicted octanol–water partition coefficient (Wildman–Crippen LogP) is 2.11. The summed E-state index contributed by atoms with van der Waals surface area (Å²) in [6.07, 6.45) is 0. The van der Waals surface area contributed by atoms with Crippen LogP contribution >= 0.6 is 11.5 Å². The van der Waals surface area contributed by atoms with E-state index >= 15 is 0 Å². The Hall–Kier alpha value is -1.40. The van der Waals surface area contributed by atoms with E-state index in [1.54, 1.807) is 0 Å². The molecule has 0 bridgehead atoms. The highest BCUT2D eigenvalue weighted by molar-refractivity contribution is 7.03. The van der Waals surface area contributed by atoms with Crippen molar-refractivity contribution in [3.63, 3.8) is 0 Å². The summed E-state index contributed by atoms with van der Waals surface area (Å²) < 4.78 is 29.5. The number of hydrogen-bond acceptors (Lipinski definition) is 4. The molecule has 0 atom stereocenters. The molecule has 1 aromatic carbocycles. The number of benzene rings is 1. The molecular formula is C10H9F2N3S. The second-order valence-corrected chi connectivity index (χ2v) is 3.85. The number of nitrogens with one attached hydrogen (secondary N) is 1. The van der Waals surface area contributed by atoms with Crippen molar-refractivity contribution in [2.75, 3.05) is 0 Å². The zero-order valence-electron chi connectivity index (χ0n) is 8.28. The molecule has 0 fully saturated rings. The van der Waals surface area contributed by atoms with E-state index in [9.17, 15) is 8.78 Å². The van der Waals surface area contributed by atoms with E-state index in [-0.39, 0.29) is 0 Å². The van der Waals surface area contributed by atoms with Gasteiger partial charge in [0.2, 0.25) is 0 Å². The quantitative estimate of drug-likeness (QED) is 0.890. The molecule has 0 aliphatic carbocycles. The first kappa shape index (κ1) is 11.1. The fourth-order valence-electron chi connectivity index (χ4n) is 1.25. The van der Waals surface area contributed by atoms with Gasteiger partial charge in [-0.1, -0.05) is 10.6 Å². The van der Waals surface area contributed by atoms with Crippen molar-refractivity contribution < 1.29 is 8.78 Å². The van der Waals surface area contributed by atoms with Crippen molar-refractivity contribution >= 4 is 11.5 Å². The molecule has 0 spiro atoms. The molecule has 1 heterocycles. The zero-order valence-corrected chi connectivity index (χ0v) is 9.10. The number of halogens is 2. The van der Waals surface area contributed by atoms with E-state index in [1.165, 1.54) is 23.7 Å². The smallest absolute Gasteiger partial charge is 0.130 e. The lowest BCUT2D eigenvalue weighted by molar-refractivity contribution is 0.559. The average molecular weight is 241 g/mol. The van der Waals surface area contributed by atoms with E-state index in [1.807, 2.05) is 5.38 Å². The van der Waals surface area contributed by atoms with Gasteiger partial charge < -0.3 is 5.32 Å². The van der Waals surface area contributed by atoms with Gasteiger partial charge in [0, 0.05) is 30.1 Å². The van der Waals surface area contributed by atoms with Gasteiger partial charge in [-0.2, -0.15) is 0 Å². The van der Waals surface area contributed by atoms with Gasteiger partial charge in [0.1, 0.15) is 11.6 Å². The van der Waals surface area contributed by atoms with Gasteiger partial charge in [0.05, 0.1) is 5.69 Å². The molecule has 2 aromatic rings. The highest BCUT2D eigenvalue weighted by Gasteiger charge is 2.03. The van der Waals surface area contributed by atoms with Crippen molar-refractivity contribution in [2.45, 2.75) is 13.1 Å². The SMILES string of the molecule is Fc1ccc(CNCc2csnn2)c(F)c1. The zero-order chi connectivity index (χ0) is 11.4. The third-order valence-corrected chi connectivity index (χ3v) is 2.60. The molecule has 3 nitrogen and oxygen atoms in total. The van der Waals surface area contributed by atoms with Crippen LogP contribution in [0.4, 0.5) is 8.78 Å². The molecular weight excluding hydrogens is 232 g/mol. The van der Waals surface area contributed by atoms with E-state index in [2.05, 4.69) is 14.9 Å². The van der Waals surface area contributed by atoms with E-state index in [0.717, 1.165) is 11.8 Å². The van der Waals surface area contributed by atoms with Crippen LogP contribution in [0.5, 0.6) is 0 Å². The molecule has 0 amide bonds. The highest BCUT2D eigenvalue weighted by atomic mass is 32.1. The van der Waals surface area contributed by atoms with Crippen molar-refractivity contribution in [1.82, 2.24) is 14.9 Å². The Morgan fingerprint density at radius 1 is 1.25 bits per heavy atom. The number of rotatable bonds is 4. The molecule has 0 radical (unpaired) electrons. The van der Waals surface area contributed by atoms with Crippen LogP contribution < -0.4 is 5.32 Å². The minimum Gasteiger partial charge on any atom is -0.307 e. The summed E-state index contributed by atoms with van der Waals surface area (Å²) in [7, 11) is 0. The first-order valence-corrected chi connectivity index (χ1v) is 5.50. The Balaban J connectivity index is 1.90. The van der Waals surface area contributed by atoms with Crippen molar-refractivity contribution in [2.24, 2.45) is 0 Å². The summed E-state index contributed by atoms with van der Waals surface area (Å²) in [5, 5.41) is 8.66. The van der Waals surface area contributed by atoms with Crippen LogP contribution in [0.25, 0.3) is 0 Å². The first-order valence-electron chi connectivity index (χ1n) is 4.66. The maximum absolute atomic E-state index is 13.2. The normalized spacial score (nSPS) is 10.6. The standard InChI is InChI=1S/C10H9F2N3S/c11-8-2-1-7(10(12)3-8)4-13-5-9-6-16-15-14-9/h1-3,6,13H,4-5H2. The number of hydrogen-bond donors (Lipinski definition) is 1. The maximum Gasteiger partial charge on any atom is 0.130 e. The van der Waals surface area contributed by atoms with Crippen molar-refractivity contribution in [3.05, 3.63) is 46.5 Å². The topological polar surface area (TPSA) is 37.8 Å². The van der Waals surface area contributed by atoms with Gasteiger partial charge in [-0.3, -0.25) is 0 Å². The summed E-state index contributed by atoms with van der Waals surface area (Å²) in [6.45, 7) is 0.858. The molecule has 16 heavy (non-hydrogen) atoms. The molecule has 6 heteroatoms. The lowest BCUT2D eigenvalue weighted by Crippen LogP contribution is -2.14. The molecule has 0 aliphatic rings. The second kappa shape index (κ2) is 5.09. The monoisotopic (exact) mass is 241 g/mol. The molecule has 1 N–H and O–H groups in total. The van der Waals surface area contributed by atoms with Crippen LogP contribution in [0.15, 0.2) is 23.6 Å². The van der Waals surface area contributed by atoms with Crippen molar-refractivity contribution in [3.8, 4) is 0 Å². The summed E-state index contributed by atoms with van der Waals surface area (Å²) in [5.41, 5.74) is 1.25. The van der Waals surface area contributed by atoms with Gasteiger partial charge in [-0.15, -0.1) is 5.10 Å². The van der Waals surface area contributed by atoms with Gasteiger partial charge in [0.15, 0.2) is 0 Å². The predicted molar refractivity (Wildman–Crippen MR) is 56.8 cm³/mol. The summed E-state index contributed by atoms with van der Waals surface area (Å²) in [5.74, 6) is -1.10. The van der Waals surface area contributed by atoms with Gasteiger partial charge >= 0.3 is 0 Å². The van der Waals surface area contributed by atoms with E-state index in [0.29, 0.717) is 18.7 Å². The Bertz CT molecular complexity index is 459. The summed E-state index contributed by atoms with van der Waals surface area (Å²) >= 11 is 1.27.